The van der Waals surface area contributed by atoms with Crippen molar-refractivity contribution in [3.8, 4) is 44.9 Å². The summed E-state index contributed by atoms with van der Waals surface area (Å²) in [6.45, 7) is 0. The Morgan fingerprint density at radius 3 is 1.47 bits per heavy atom. The molecule has 0 radical (unpaired) electrons. The molecule has 0 saturated carbocycles. The summed E-state index contributed by atoms with van der Waals surface area (Å²) in [5.74, 6) is 1.82. The van der Waals surface area contributed by atoms with Crippen LogP contribution in [0, 0.1) is 0 Å². The lowest BCUT2D eigenvalue weighted by atomic mass is 9.82. The van der Waals surface area contributed by atoms with Gasteiger partial charge in [0.1, 0.15) is 11.5 Å². The molecule has 0 fully saturated rings. The third-order valence-corrected chi connectivity index (χ3v) is 9.58. The molecule has 10 rings (SSSR count). The monoisotopic (exact) mass is 570 g/mol. The molecular weight excluding hydrogens is 544 g/mol. The van der Waals surface area contributed by atoms with Gasteiger partial charge in [-0.1, -0.05) is 127 Å². The lowest BCUT2D eigenvalue weighted by molar-refractivity contribution is 0.487. The quantitative estimate of drug-likeness (QED) is 0.188. The van der Waals surface area contributed by atoms with Crippen LogP contribution in [-0.4, -0.2) is 0 Å². The van der Waals surface area contributed by atoms with E-state index in [2.05, 4.69) is 152 Å². The molecule has 0 aliphatic carbocycles. The van der Waals surface area contributed by atoms with E-state index >= 15 is 0 Å². The molecule has 0 bridgehead atoms. The van der Waals surface area contributed by atoms with Crippen LogP contribution in [0.1, 0.15) is 0 Å². The predicted molar refractivity (Wildman–Crippen MR) is 190 cm³/mol. The number of hydrogen-bond donors (Lipinski definition) is 0. The van der Waals surface area contributed by atoms with Crippen LogP contribution in [0.15, 0.2) is 158 Å². The minimum Gasteiger partial charge on any atom is -0.456 e. The van der Waals surface area contributed by atoms with E-state index in [9.17, 15) is 0 Å². The second-order valence-corrected chi connectivity index (χ2v) is 12.0. The van der Waals surface area contributed by atoms with Gasteiger partial charge in [-0.3, -0.25) is 0 Å². The van der Waals surface area contributed by atoms with Crippen molar-refractivity contribution in [2.45, 2.75) is 0 Å². The summed E-state index contributed by atoms with van der Waals surface area (Å²) in [6.07, 6.45) is 0. The standard InChI is InChI=1S/C44H26O/c1-3-15-31-27(12-1)24-28-13-2-4-16-32(28)43(31)44-36-20-7-5-18-34(36)41(35-19-6-8-21-37(35)44)30-25-29-14-11-23-40-42(29)38(26-30)33-17-9-10-22-39(33)45-40/h1-26H. The molecule has 0 amide bonds. The Kier molecular flexibility index (Phi) is 5.06. The molecule has 1 nitrogen and oxygen atoms in total. The molecule has 0 N–H and O–H groups in total. The molecule has 0 aromatic heterocycles. The molecule has 0 saturated heterocycles. The third kappa shape index (κ3) is 3.50. The number of hydrogen-bond acceptors (Lipinski definition) is 1. The molecule has 0 unspecified atom stereocenters. The van der Waals surface area contributed by atoms with Gasteiger partial charge in [0.05, 0.1) is 0 Å². The highest BCUT2D eigenvalue weighted by molar-refractivity contribution is 6.27. The highest BCUT2D eigenvalue weighted by atomic mass is 16.5. The van der Waals surface area contributed by atoms with Crippen molar-refractivity contribution in [3.63, 3.8) is 0 Å². The largest absolute Gasteiger partial charge is 0.456 e. The highest BCUT2D eigenvalue weighted by Gasteiger charge is 2.24. The molecule has 9 aromatic rings. The predicted octanol–water partition coefficient (Wildman–Crippen LogP) is 12.6. The van der Waals surface area contributed by atoms with Crippen molar-refractivity contribution in [1.82, 2.24) is 0 Å². The number of benzene rings is 9. The Labute approximate surface area is 260 Å². The van der Waals surface area contributed by atoms with E-state index in [4.69, 9.17) is 4.74 Å². The molecule has 0 atom stereocenters. The van der Waals surface area contributed by atoms with Crippen LogP contribution in [0.5, 0.6) is 11.5 Å². The molecule has 208 valence electrons. The van der Waals surface area contributed by atoms with Crippen molar-refractivity contribution in [3.05, 3.63) is 158 Å². The Hall–Kier alpha value is -5.92. The van der Waals surface area contributed by atoms with E-state index in [1.807, 2.05) is 6.07 Å². The number of rotatable bonds is 2. The fraction of sp³-hybridized carbons (Fsp3) is 0. The average molecular weight is 571 g/mol. The summed E-state index contributed by atoms with van der Waals surface area (Å²) in [6, 6.07) is 57.4. The van der Waals surface area contributed by atoms with Crippen molar-refractivity contribution in [1.29, 1.82) is 0 Å². The van der Waals surface area contributed by atoms with Gasteiger partial charge in [0.25, 0.3) is 0 Å². The number of para-hydroxylation sites is 1. The SMILES string of the molecule is c1ccc2c(c1)Oc1cccc3cc(-c4c5ccccc5c(-c5c6ccccc6cc6ccccc56)c5ccccc45)cc-2c13. The second-order valence-electron chi connectivity index (χ2n) is 12.0. The van der Waals surface area contributed by atoms with E-state index in [0.717, 1.165) is 17.1 Å². The first kappa shape index (κ1) is 24.5. The van der Waals surface area contributed by atoms with Crippen molar-refractivity contribution >= 4 is 53.9 Å². The first-order valence-electron chi connectivity index (χ1n) is 15.5. The first-order valence-corrected chi connectivity index (χ1v) is 15.5. The van der Waals surface area contributed by atoms with Crippen LogP contribution < -0.4 is 4.74 Å². The van der Waals surface area contributed by atoms with Gasteiger partial charge in [0.2, 0.25) is 0 Å². The highest BCUT2D eigenvalue weighted by Crippen LogP contribution is 2.51. The van der Waals surface area contributed by atoms with Gasteiger partial charge < -0.3 is 4.74 Å². The smallest absolute Gasteiger partial charge is 0.135 e. The third-order valence-electron chi connectivity index (χ3n) is 9.58. The van der Waals surface area contributed by atoms with Gasteiger partial charge in [-0.2, -0.15) is 0 Å². The normalized spacial score (nSPS) is 12.2. The molecule has 1 heteroatoms. The van der Waals surface area contributed by atoms with E-state index in [1.54, 1.807) is 0 Å². The van der Waals surface area contributed by atoms with Crippen LogP contribution in [0.2, 0.25) is 0 Å². The van der Waals surface area contributed by atoms with E-state index in [0.29, 0.717) is 0 Å². The number of fused-ring (bicyclic) bond motifs is 6. The number of ether oxygens (including phenoxy) is 1. The van der Waals surface area contributed by atoms with Gasteiger partial charge in [0, 0.05) is 10.9 Å². The average Bonchev–Trinajstić information content (AvgIpc) is 3.10. The topological polar surface area (TPSA) is 9.23 Å². The first-order chi connectivity index (χ1) is 22.3. The van der Waals surface area contributed by atoms with Gasteiger partial charge >= 0.3 is 0 Å². The van der Waals surface area contributed by atoms with Crippen LogP contribution in [0.4, 0.5) is 0 Å². The Balaban J connectivity index is 1.38. The lowest BCUT2D eigenvalue weighted by Crippen LogP contribution is -1.98. The molecular formula is C44H26O. The molecule has 45 heavy (non-hydrogen) atoms. The van der Waals surface area contributed by atoms with E-state index < -0.39 is 0 Å². The van der Waals surface area contributed by atoms with Crippen LogP contribution in [0.3, 0.4) is 0 Å². The minimum atomic E-state index is 0.905. The molecule has 0 spiro atoms. The van der Waals surface area contributed by atoms with Gasteiger partial charge in [-0.05, 0) is 107 Å². The summed E-state index contributed by atoms with van der Waals surface area (Å²) in [4.78, 5) is 0. The zero-order chi connectivity index (χ0) is 29.5. The minimum absolute atomic E-state index is 0.905. The molecule has 1 heterocycles. The maximum atomic E-state index is 6.37. The molecule has 9 aromatic carbocycles. The zero-order valence-corrected chi connectivity index (χ0v) is 24.4. The maximum Gasteiger partial charge on any atom is 0.135 e. The van der Waals surface area contributed by atoms with Crippen molar-refractivity contribution in [2.75, 3.05) is 0 Å². The van der Waals surface area contributed by atoms with Crippen LogP contribution in [-0.2, 0) is 0 Å². The van der Waals surface area contributed by atoms with Crippen molar-refractivity contribution < 1.29 is 4.74 Å². The fourth-order valence-corrected chi connectivity index (χ4v) is 7.72. The van der Waals surface area contributed by atoms with Gasteiger partial charge in [-0.25, -0.2) is 0 Å². The van der Waals surface area contributed by atoms with Crippen LogP contribution in [0.25, 0.3) is 87.2 Å². The van der Waals surface area contributed by atoms with E-state index in [1.165, 1.54) is 81.7 Å². The van der Waals surface area contributed by atoms with Crippen molar-refractivity contribution in [2.24, 2.45) is 0 Å². The maximum absolute atomic E-state index is 6.37. The summed E-state index contributed by atoms with van der Waals surface area (Å²) in [5.41, 5.74) is 7.43. The summed E-state index contributed by atoms with van der Waals surface area (Å²) >= 11 is 0. The molecule has 1 aliphatic heterocycles. The Bertz CT molecular complexity index is 2570. The lowest BCUT2D eigenvalue weighted by Gasteiger charge is -2.23. The summed E-state index contributed by atoms with van der Waals surface area (Å²) in [7, 11) is 0. The van der Waals surface area contributed by atoms with Gasteiger partial charge in [0.15, 0.2) is 0 Å². The summed E-state index contributed by atoms with van der Waals surface area (Å²) in [5, 5.41) is 12.5. The molecule has 1 aliphatic rings. The summed E-state index contributed by atoms with van der Waals surface area (Å²) < 4.78 is 6.37. The van der Waals surface area contributed by atoms with Crippen LogP contribution >= 0.6 is 0 Å². The second kappa shape index (κ2) is 9.29. The van der Waals surface area contributed by atoms with E-state index in [-0.39, 0.29) is 0 Å². The fourth-order valence-electron chi connectivity index (χ4n) is 7.72. The zero-order valence-electron chi connectivity index (χ0n) is 24.4. The van der Waals surface area contributed by atoms with Gasteiger partial charge in [-0.15, -0.1) is 0 Å². The Morgan fingerprint density at radius 2 is 0.800 bits per heavy atom. The Morgan fingerprint density at radius 1 is 0.311 bits per heavy atom.